The second-order valence-electron chi connectivity index (χ2n) is 6.38. The molecule has 1 N–H and O–H groups in total. The number of nitrogens with one attached hydrogen (secondary N) is 1. The molecule has 2 aromatic carbocycles. The van der Waals surface area contributed by atoms with E-state index < -0.39 is 0 Å². The highest BCUT2D eigenvalue weighted by atomic mass is 16.5. The van der Waals surface area contributed by atoms with Crippen LogP contribution >= 0.6 is 0 Å². The number of para-hydroxylation sites is 1. The number of benzene rings is 2. The minimum Gasteiger partial charge on any atom is -0.483 e. The highest BCUT2D eigenvalue weighted by Gasteiger charge is 2.26. The van der Waals surface area contributed by atoms with Crippen molar-refractivity contribution in [3.8, 4) is 5.75 Å². The first-order valence-corrected chi connectivity index (χ1v) is 7.84. The summed E-state index contributed by atoms with van der Waals surface area (Å²) in [5, 5.41) is 3.62. The lowest BCUT2D eigenvalue weighted by molar-refractivity contribution is 0.157. The quantitative estimate of drug-likeness (QED) is 0.890. The molecular weight excluding hydrogens is 270 g/mol. The normalized spacial score (nSPS) is 17.1. The Hall–Kier alpha value is -2.06. The third-order valence-corrected chi connectivity index (χ3v) is 4.03. The molecule has 3 rings (SSSR count). The van der Waals surface area contributed by atoms with Crippen LogP contribution in [-0.2, 0) is 0 Å². The Labute approximate surface area is 132 Å². The van der Waals surface area contributed by atoms with Crippen molar-refractivity contribution in [3.05, 3.63) is 71.8 Å². The number of hydrogen-bond donors (Lipinski definition) is 1. The molecule has 2 nitrogen and oxygen atoms in total. The van der Waals surface area contributed by atoms with Crippen LogP contribution in [0.25, 0.3) is 5.57 Å². The van der Waals surface area contributed by atoms with E-state index in [1.165, 1.54) is 16.7 Å². The van der Waals surface area contributed by atoms with Gasteiger partial charge in [0.2, 0.25) is 0 Å². The maximum absolute atomic E-state index is 6.04. The Kier molecular flexibility index (Phi) is 4.04. The van der Waals surface area contributed by atoms with Crippen LogP contribution in [0.3, 0.4) is 0 Å². The first-order chi connectivity index (χ1) is 10.6. The molecule has 0 aliphatic carbocycles. The summed E-state index contributed by atoms with van der Waals surface area (Å²) < 4.78 is 6.04. The summed E-state index contributed by atoms with van der Waals surface area (Å²) in [5.74, 6) is 0.971. The van der Waals surface area contributed by atoms with E-state index in [1.54, 1.807) is 0 Å². The van der Waals surface area contributed by atoms with Crippen LogP contribution in [0, 0.1) is 0 Å². The third kappa shape index (κ3) is 3.23. The van der Waals surface area contributed by atoms with Crippen molar-refractivity contribution in [3.63, 3.8) is 0 Å². The molecule has 0 bridgehead atoms. The van der Waals surface area contributed by atoms with Crippen LogP contribution in [0.5, 0.6) is 5.75 Å². The maximum atomic E-state index is 6.04. The molecule has 0 spiro atoms. The Bertz CT molecular complexity index is 673. The summed E-state index contributed by atoms with van der Waals surface area (Å²) in [5.41, 5.74) is 3.54. The van der Waals surface area contributed by atoms with Crippen LogP contribution in [0.4, 0.5) is 0 Å². The van der Waals surface area contributed by atoms with E-state index in [0.29, 0.717) is 6.04 Å². The van der Waals surface area contributed by atoms with Crippen LogP contribution in [0.1, 0.15) is 37.9 Å². The molecule has 1 heterocycles. The Balaban J connectivity index is 1.78. The zero-order chi connectivity index (χ0) is 15.6. The molecule has 22 heavy (non-hydrogen) atoms. The van der Waals surface area contributed by atoms with Gasteiger partial charge in [-0.2, -0.15) is 0 Å². The van der Waals surface area contributed by atoms with Crippen LogP contribution in [-0.4, -0.2) is 12.1 Å². The average molecular weight is 293 g/mol. The lowest BCUT2D eigenvalue weighted by Gasteiger charge is -2.31. The van der Waals surface area contributed by atoms with Crippen molar-refractivity contribution >= 4 is 5.57 Å². The molecule has 2 aromatic rings. The molecule has 0 fully saturated rings. The molecule has 0 saturated heterocycles. The third-order valence-electron chi connectivity index (χ3n) is 4.03. The van der Waals surface area contributed by atoms with Crippen molar-refractivity contribution in [1.82, 2.24) is 5.32 Å². The average Bonchev–Trinajstić information content (AvgIpc) is 2.52. The number of hydrogen-bond acceptors (Lipinski definition) is 2. The minimum atomic E-state index is -0.263. The monoisotopic (exact) mass is 293 g/mol. The fraction of sp³-hybridized carbons (Fsp3) is 0.300. The summed E-state index contributed by atoms with van der Waals surface area (Å²) in [6.45, 7) is 7.24. The molecule has 1 aliphatic rings. The van der Waals surface area contributed by atoms with Gasteiger partial charge >= 0.3 is 0 Å². The summed E-state index contributed by atoms with van der Waals surface area (Å²) >= 11 is 0. The molecular formula is C20H23NO. The van der Waals surface area contributed by atoms with E-state index in [9.17, 15) is 0 Å². The first-order valence-electron chi connectivity index (χ1n) is 7.84. The SMILES string of the molecule is CC(NCC1=CC(C)(C)Oc2ccccc21)c1ccccc1. The minimum absolute atomic E-state index is 0.263. The molecule has 114 valence electrons. The largest absolute Gasteiger partial charge is 0.483 e. The van der Waals surface area contributed by atoms with Gasteiger partial charge in [-0.1, -0.05) is 48.5 Å². The number of rotatable bonds is 4. The van der Waals surface area contributed by atoms with Crippen molar-refractivity contribution in [2.75, 3.05) is 6.54 Å². The number of ether oxygens (including phenoxy) is 1. The van der Waals surface area contributed by atoms with Gasteiger partial charge in [-0.05, 0) is 44.1 Å². The van der Waals surface area contributed by atoms with Gasteiger partial charge in [0.05, 0.1) is 0 Å². The van der Waals surface area contributed by atoms with E-state index in [-0.39, 0.29) is 5.60 Å². The van der Waals surface area contributed by atoms with Crippen molar-refractivity contribution in [1.29, 1.82) is 0 Å². The van der Waals surface area contributed by atoms with Gasteiger partial charge in [0.1, 0.15) is 11.4 Å². The summed E-state index contributed by atoms with van der Waals surface area (Å²) in [4.78, 5) is 0. The second kappa shape index (κ2) is 5.98. The lowest BCUT2D eigenvalue weighted by atomic mass is 9.94. The highest BCUT2D eigenvalue weighted by Crippen LogP contribution is 2.35. The fourth-order valence-corrected chi connectivity index (χ4v) is 2.90. The van der Waals surface area contributed by atoms with E-state index >= 15 is 0 Å². The predicted molar refractivity (Wildman–Crippen MR) is 92.0 cm³/mol. The number of fused-ring (bicyclic) bond motifs is 1. The standard InChI is InChI=1S/C20H23NO/c1-15(16-9-5-4-6-10-16)21-14-17-13-20(2,3)22-19-12-8-7-11-18(17)19/h4-13,15,21H,14H2,1-3H3. The van der Waals surface area contributed by atoms with Crippen LogP contribution in [0.15, 0.2) is 60.7 Å². The van der Waals surface area contributed by atoms with Crippen molar-refractivity contribution in [2.45, 2.75) is 32.4 Å². The van der Waals surface area contributed by atoms with Gasteiger partial charge in [-0.15, -0.1) is 0 Å². The second-order valence-corrected chi connectivity index (χ2v) is 6.38. The van der Waals surface area contributed by atoms with Gasteiger partial charge in [0.25, 0.3) is 0 Å². The summed E-state index contributed by atoms with van der Waals surface area (Å²) in [6.07, 6.45) is 2.22. The van der Waals surface area contributed by atoms with Crippen molar-refractivity contribution in [2.24, 2.45) is 0 Å². The smallest absolute Gasteiger partial charge is 0.128 e. The Morgan fingerprint density at radius 2 is 1.68 bits per heavy atom. The summed E-state index contributed by atoms with van der Waals surface area (Å²) in [6, 6.07) is 19.1. The Morgan fingerprint density at radius 3 is 2.45 bits per heavy atom. The molecule has 1 unspecified atom stereocenters. The zero-order valence-electron chi connectivity index (χ0n) is 13.5. The summed E-state index contributed by atoms with van der Waals surface area (Å²) in [7, 11) is 0. The lowest BCUT2D eigenvalue weighted by Crippen LogP contribution is -2.31. The predicted octanol–water partition coefficient (Wildman–Crippen LogP) is 4.59. The molecule has 0 saturated carbocycles. The van der Waals surface area contributed by atoms with E-state index in [2.05, 4.69) is 74.6 Å². The highest BCUT2D eigenvalue weighted by molar-refractivity contribution is 5.74. The fourth-order valence-electron chi connectivity index (χ4n) is 2.90. The molecule has 0 aromatic heterocycles. The van der Waals surface area contributed by atoms with E-state index in [4.69, 9.17) is 4.74 Å². The van der Waals surface area contributed by atoms with Gasteiger partial charge < -0.3 is 10.1 Å². The van der Waals surface area contributed by atoms with Crippen LogP contribution < -0.4 is 10.1 Å². The first kappa shape index (κ1) is 14.9. The molecule has 2 heteroatoms. The molecule has 0 amide bonds. The molecule has 1 aliphatic heterocycles. The zero-order valence-corrected chi connectivity index (χ0v) is 13.5. The maximum Gasteiger partial charge on any atom is 0.128 e. The van der Waals surface area contributed by atoms with Gasteiger partial charge in [-0.25, -0.2) is 0 Å². The molecule has 0 radical (unpaired) electrons. The van der Waals surface area contributed by atoms with Gasteiger partial charge in [0.15, 0.2) is 0 Å². The van der Waals surface area contributed by atoms with E-state index in [1.807, 2.05) is 12.1 Å². The van der Waals surface area contributed by atoms with E-state index in [0.717, 1.165) is 12.3 Å². The van der Waals surface area contributed by atoms with Crippen LogP contribution in [0.2, 0.25) is 0 Å². The van der Waals surface area contributed by atoms with Gasteiger partial charge in [0, 0.05) is 18.2 Å². The Morgan fingerprint density at radius 1 is 1.00 bits per heavy atom. The topological polar surface area (TPSA) is 21.3 Å². The molecule has 1 atom stereocenters. The van der Waals surface area contributed by atoms with Gasteiger partial charge in [-0.3, -0.25) is 0 Å². The van der Waals surface area contributed by atoms with Crippen molar-refractivity contribution < 1.29 is 4.74 Å².